The molecule has 0 amide bonds. The first-order valence-corrected chi connectivity index (χ1v) is 7.39. The number of hydrogen-bond donors (Lipinski definition) is 0. The third kappa shape index (κ3) is 4.84. The number of benzene rings is 1. The van der Waals surface area contributed by atoms with E-state index in [0.717, 1.165) is 0 Å². The second kappa shape index (κ2) is 7.28. The van der Waals surface area contributed by atoms with Crippen molar-refractivity contribution in [3.8, 4) is 0 Å². The average molecular weight is 272 g/mol. The van der Waals surface area contributed by atoms with Gasteiger partial charge in [0.25, 0.3) is 0 Å². The van der Waals surface area contributed by atoms with Crippen LogP contribution in [0.5, 0.6) is 0 Å². The lowest BCUT2D eigenvalue weighted by molar-refractivity contribution is 0.532. The molecular formula is C18H28N2. The molecule has 0 aliphatic heterocycles. The predicted octanol–water partition coefficient (Wildman–Crippen LogP) is 5.20. The average Bonchev–Trinajstić information content (AvgIpc) is 2.80. The quantitative estimate of drug-likeness (QED) is 0.734. The Hall–Kier alpha value is -1.57. The van der Waals surface area contributed by atoms with Gasteiger partial charge in [0.2, 0.25) is 0 Å². The molecule has 0 radical (unpaired) electrons. The number of hydrogen-bond acceptors (Lipinski definition) is 1. The van der Waals surface area contributed by atoms with Crippen LogP contribution in [0.15, 0.2) is 30.6 Å². The van der Waals surface area contributed by atoms with Crippen molar-refractivity contribution >= 4 is 0 Å². The summed E-state index contributed by atoms with van der Waals surface area (Å²) in [7, 11) is 0. The fraction of sp³-hybridized carbons (Fsp3) is 0.500. The summed E-state index contributed by atoms with van der Waals surface area (Å²) in [5.41, 5.74) is 5.45. The van der Waals surface area contributed by atoms with Crippen molar-refractivity contribution in [1.82, 2.24) is 9.78 Å². The molecule has 0 saturated carbocycles. The Labute approximate surface area is 123 Å². The number of nitrogens with zero attached hydrogens (tertiary/aromatic N) is 2. The van der Waals surface area contributed by atoms with Gasteiger partial charge in [0.05, 0.1) is 6.20 Å². The topological polar surface area (TPSA) is 17.8 Å². The van der Waals surface area contributed by atoms with Crippen LogP contribution in [0.4, 0.5) is 0 Å². The zero-order valence-electron chi connectivity index (χ0n) is 13.9. The van der Waals surface area contributed by atoms with Crippen LogP contribution in [-0.4, -0.2) is 9.78 Å². The standard InChI is InChI=1S/C11H16.C7H12N2/c1-8(2)11-6-5-9(3)10(4)7-11;1-6(2)9-5-7(3)4-8-9/h5-8H,1-4H3;4-6H,1-3H3. The summed E-state index contributed by atoms with van der Waals surface area (Å²) in [6.45, 7) is 15.1. The number of aromatic nitrogens is 2. The first-order chi connectivity index (χ1) is 9.31. The summed E-state index contributed by atoms with van der Waals surface area (Å²) >= 11 is 0. The van der Waals surface area contributed by atoms with E-state index in [4.69, 9.17) is 0 Å². The van der Waals surface area contributed by atoms with E-state index in [1.54, 1.807) is 0 Å². The van der Waals surface area contributed by atoms with Crippen molar-refractivity contribution in [1.29, 1.82) is 0 Å². The van der Waals surface area contributed by atoms with Crippen LogP contribution in [0.1, 0.15) is 61.9 Å². The maximum atomic E-state index is 4.13. The molecule has 2 heteroatoms. The highest BCUT2D eigenvalue weighted by Crippen LogP contribution is 2.17. The van der Waals surface area contributed by atoms with E-state index in [1.165, 1.54) is 22.3 Å². The van der Waals surface area contributed by atoms with Gasteiger partial charge in [-0.1, -0.05) is 32.0 Å². The molecule has 0 aliphatic rings. The number of aryl methyl sites for hydroxylation is 3. The molecule has 0 aliphatic carbocycles. The maximum absolute atomic E-state index is 4.13. The monoisotopic (exact) mass is 272 g/mol. The summed E-state index contributed by atoms with van der Waals surface area (Å²) in [6.07, 6.45) is 3.92. The molecule has 0 spiro atoms. The molecule has 0 N–H and O–H groups in total. The lowest BCUT2D eigenvalue weighted by Gasteiger charge is -2.07. The van der Waals surface area contributed by atoms with E-state index in [1.807, 2.05) is 24.0 Å². The van der Waals surface area contributed by atoms with Gasteiger partial charge in [0.1, 0.15) is 0 Å². The van der Waals surface area contributed by atoms with Gasteiger partial charge in [-0.15, -0.1) is 0 Å². The van der Waals surface area contributed by atoms with Crippen LogP contribution in [0.3, 0.4) is 0 Å². The van der Waals surface area contributed by atoms with Gasteiger partial charge in [-0.2, -0.15) is 5.10 Å². The highest BCUT2D eigenvalue weighted by atomic mass is 15.3. The zero-order chi connectivity index (χ0) is 15.3. The number of rotatable bonds is 2. The Kier molecular flexibility index (Phi) is 6.00. The lowest BCUT2D eigenvalue weighted by atomic mass is 9.99. The molecule has 0 saturated heterocycles. The summed E-state index contributed by atoms with van der Waals surface area (Å²) in [5, 5.41) is 4.13. The highest BCUT2D eigenvalue weighted by Gasteiger charge is 1.99. The second-order valence-corrected chi connectivity index (χ2v) is 6.09. The van der Waals surface area contributed by atoms with Crippen molar-refractivity contribution in [2.45, 2.75) is 60.4 Å². The fourth-order valence-electron chi connectivity index (χ4n) is 1.84. The van der Waals surface area contributed by atoms with Crippen LogP contribution in [0.25, 0.3) is 0 Å². The molecule has 1 heterocycles. The van der Waals surface area contributed by atoms with Gasteiger partial charge < -0.3 is 0 Å². The maximum Gasteiger partial charge on any atom is 0.0519 e. The van der Waals surface area contributed by atoms with Crippen molar-refractivity contribution in [3.05, 3.63) is 52.8 Å². The minimum Gasteiger partial charge on any atom is -0.270 e. The molecular weight excluding hydrogens is 244 g/mol. The summed E-state index contributed by atoms with van der Waals surface area (Å²) in [4.78, 5) is 0. The Balaban J connectivity index is 0.000000204. The molecule has 0 unspecified atom stereocenters. The highest BCUT2D eigenvalue weighted by molar-refractivity contribution is 5.31. The molecule has 0 atom stereocenters. The second-order valence-electron chi connectivity index (χ2n) is 6.09. The van der Waals surface area contributed by atoms with Crippen LogP contribution < -0.4 is 0 Å². The van der Waals surface area contributed by atoms with Crippen LogP contribution >= 0.6 is 0 Å². The summed E-state index contributed by atoms with van der Waals surface area (Å²) in [6, 6.07) is 7.18. The van der Waals surface area contributed by atoms with Gasteiger partial charge in [-0.3, -0.25) is 4.68 Å². The molecule has 20 heavy (non-hydrogen) atoms. The molecule has 2 aromatic rings. The minimum atomic E-state index is 0.485. The van der Waals surface area contributed by atoms with Crippen LogP contribution in [0.2, 0.25) is 0 Å². The lowest BCUT2D eigenvalue weighted by Crippen LogP contribution is -1.99. The molecule has 2 nitrogen and oxygen atoms in total. The molecule has 2 rings (SSSR count). The van der Waals surface area contributed by atoms with E-state index < -0.39 is 0 Å². The molecule has 0 bridgehead atoms. The molecule has 1 aromatic heterocycles. The summed E-state index contributed by atoms with van der Waals surface area (Å²) < 4.78 is 1.95. The van der Waals surface area contributed by atoms with Crippen molar-refractivity contribution in [2.75, 3.05) is 0 Å². The third-order valence-electron chi connectivity index (χ3n) is 3.46. The fourth-order valence-corrected chi connectivity index (χ4v) is 1.84. The largest absolute Gasteiger partial charge is 0.270 e. The minimum absolute atomic E-state index is 0.485. The van der Waals surface area contributed by atoms with Crippen LogP contribution in [-0.2, 0) is 0 Å². The Bertz CT molecular complexity index is 536. The Morgan fingerprint density at radius 2 is 1.60 bits per heavy atom. The van der Waals surface area contributed by atoms with Crippen molar-refractivity contribution in [2.24, 2.45) is 0 Å². The van der Waals surface area contributed by atoms with Crippen LogP contribution in [0, 0.1) is 20.8 Å². The zero-order valence-corrected chi connectivity index (χ0v) is 13.9. The predicted molar refractivity (Wildman–Crippen MR) is 87.4 cm³/mol. The SMILES string of the molecule is Cc1ccc(C(C)C)cc1C.Cc1cnn(C(C)C)c1. The van der Waals surface area contributed by atoms with Gasteiger partial charge in [0.15, 0.2) is 0 Å². The van der Waals surface area contributed by atoms with Gasteiger partial charge in [-0.25, -0.2) is 0 Å². The van der Waals surface area contributed by atoms with E-state index in [-0.39, 0.29) is 0 Å². The first kappa shape index (κ1) is 16.5. The summed E-state index contributed by atoms with van der Waals surface area (Å²) in [5.74, 6) is 0.647. The molecule has 110 valence electrons. The van der Waals surface area contributed by atoms with E-state index in [2.05, 4.69) is 64.8 Å². The smallest absolute Gasteiger partial charge is 0.0519 e. The Morgan fingerprint density at radius 3 is 1.95 bits per heavy atom. The van der Waals surface area contributed by atoms with E-state index in [9.17, 15) is 0 Å². The van der Waals surface area contributed by atoms with Gasteiger partial charge in [0, 0.05) is 12.2 Å². The van der Waals surface area contributed by atoms with E-state index in [0.29, 0.717) is 12.0 Å². The van der Waals surface area contributed by atoms with E-state index >= 15 is 0 Å². The first-order valence-electron chi connectivity index (χ1n) is 7.39. The third-order valence-corrected chi connectivity index (χ3v) is 3.46. The van der Waals surface area contributed by atoms with Crippen molar-refractivity contribution in [3.63, 3.8) is 0 Å². The normalized spacial score (nSPS) is 10.7. The Morgan fingerprint density at radius 1 is 0.950 bits per heavy atom. The molecule has 0 fully saturated rings. The van der Waals surface area contributed by atoms with Gasteiger partial charge >= 0.3 is 0 Å². The molecule has 1 aromatic carbocycles. The van der Waals surface area contributed by atoms with Gasteiger partial charge in [-0.05, 0) is 62.8 Å². The van der Waals surface area contributed by atoms with Crippen molar-refractivity contribution < 1.29 is 0 Å².